The minimum atomic E-state index is -0.257. The van der Waals surface area contributed by atoms with E-state index in [2.05, 4.69) is 0 Å². The SMILES string of the molecule is CCCC(C)C(=O)CC[O]. The molecule has 0 N–H and O–H groups in total. The fourth-order valence-corrected chi connectivity index (χ4v) is 0.941. The second kappa shape index (κ2) is 5.42. The maximum Gasteiger partial charge on any atom is 0.138 e. The van der Waals surface area contributed by atoms with Crippen LogP contribution in [0.5, 0.6) is 0 Å². The van der Waals surface area contributed by atoms with Gasteiger partial charge in [0.25, 0.3) is 0 Å². The lowest BCUT2D eigenvalue weighted by molar-refractivity contribution is -0.123. The standard InChI is InChI=1S/C8H15O2/c1-3-4-7(2)8(10)5-6-9/h7H,3-6H2,1-2H3. The van der Waals surface area contributed by atoms with Crippen molar-refractivity contribution in [2.45, 2.75) is 33.1 Å². The fourth-order valence-electron chi connectivity index (χ4n) is 0.941. The zero-order valence-electron chi connectivity index (χ0n) is 6.72. The van der Waals surface area contributed by atoms with Gasteiger partial charge in [-0.2, -0.15) is 0 Å². The zero-order valence-corrected chi connectivity index (χ0v) is 6.72. The van der Waals surface area contributed by atoms with Crippen molar-refractivity contribution in [3.8, 4) is 0 Å². The third-order valence-corrected chi connectivity index (χ3v) is 1.62. The Morgan fingerprint density at radius 3 is 2.50 bits per heavy atom. The Bertz CT molecular complexity index is 99.4. The van der Waals surface area contributed by atoms with Crippen molar-refractivity contribution in [2.24, 2.45) is 5.92 Å². The normalized spacial score (nSPS) is 13.1. The Morgan fingerprint density at radius 2 is 2.10 bits per heavy atom. The molecule has 0 saturated heterocycles. The Morgan fingerprint density at radius 1 is 1.50 bits per heavy atom. The molecule has 10 heavy (non-hydrogen) atoms. The third kappa shape index (κ3) is 3.62. The van der Waals surface area contributed by atoms with Gasteiger partial charge in [0, 0.05) is 12.3 Å². The van der Waals surface area contributed by atoms with Crippen molar-refractivity contribution in [3.63, 3.8) is 0 Å². The molecule has 2 nitrogen and oxygen atoms in total. The number of hydrogen-bond acceptors (Lipinski definition) is 1. The number of hydrogen-bond donors (Lipinski definition) is 0. The topological polar surface area (TPSA) is 37.0 Å². The van der Waals surface area contributed by atoms with E-state index < -0.39 is 0 Å². The van der Waals surface area contributed by atoms with Crippen molar-refractivity contribution in [1.82, 2.24) is 0 Å². The van der Waals surface area contributed by atoms with Crippen LogP contribution in [0.1, 0.15) is 33.1 Å². The molecular formula is C8H15O2. The highest BCUT2D eigenvalue weighted by molar-refractivity contribution is 5.80. The Hall–Kier alpha value is -0.370. The molecule has 0 fully saturated rings. The summed E-state index contributed by atoms with van der Waals surface area (Å²) in [4.78, 5) is 10.9. The molecule has 2 heteroatoms. The second-order valence-corrected chi connectivity index (χ2v) is 2.61. The molecular weight excluding hydrogens is 128 g/mol. The first-order valence-corrected chi connectivity index (χ1v) is 3.83. The first-order chi connectivity index (χ1) is 4.72. The number of Topliss-reactive ketones (excluding diaryl/α,β-unsaturated/α-hetero) is 1. The maximum absolute atomic E-state index is 10.9. The quantitative estimate of drug-likeness (QED) is 0.578. The van der Waals surface area contributed by atoms with Crippen LogP contribution in [-0.2, 0) is 9.90 Å². The van der Waals surface area contributed by atoms with E-state index in [-0.39, 0.29) is 24.7 Å². The smallest absolute Gasteiger partial charge is 0.138 e. The molecule has 0 aliphatic heterocycles. The maximum atomic E-state index is 10.9. The van der Waals surface area contributed by atoms with Crippen molar-refractivity contribution in [1.29, 1.82) is 0 Å². The lowest BCUT2D eigenvalue weighted by Crippen LogP contribution is -2.11. The first-order valence-electron chi connectivity index (χ1n) is 3.83. The van der Waals surface area contributed by atoms with Gasteiger partial charge in [-0.25, -0.2) is 5.11 Å². The molecule has 0 heterocycles. The predicted molar refractivity (Wildman–Crippen MR) is 39.2 cm³/mol. The summed E-state index contributed by atoms with van der Waals surface area (Å²) in [6.07, 6.45) is 2.14. The van der Waals surface area contributed by atoms with Crippen molar-refractivity contribution in [3.05, 3.63) is 0 Å². The zero-order chi connectivity index (χ0) is 7.98. The van der Waals surface area contributed by atoms with Gasteiger partial charge in [0.2, 0.25) is 0 Å². The van der Waals surface area contributed by atoms with Gasteiger partial charge >= 0.3 is 0 Å². The molecule has 0 aliphatic rings. The summed E-state index contributed by atoms with van der Waals surface area (Å²) in [5.41, 5.74) is 0. The molecule has 1 radical (unpaired) electrons. The third-order valence-electron chi connectivity index (χ3n) is 1.62. The summed E-state index contributed by atoms with van der Waals surface area (Å²) in [6.45, 7) is 3.68. The first kappa shape index (κ1) is 9.63. The average molecular weight is 143 g/mol. The lowest BCUT2D eigenvalue weighted by Gasteiger charge is -2.05. The van der Waals surface area contributed by atoms with E-state index in [0.29, 0.717) is 0 Å². The molecule has 1 unspecified atom stereocenters. The Balaban J connectivity index is 3.49. The summed E-state index contributed by atoms with van der Waals surface area (Å²) in [6, 6.07) is 0. The number of carbonyl (C=O) groups is 1. The van der Waals surface area contributed by atoms with E-state index in [1.807, 2.05) is 13.8 Å². The Labute approximate surface area is 62.2 Å². The molecule has 0 saturated carbocycles. The van der Waals surface area contributed by atoms with E-state index in [0.717, 1.165) is 12.8 Å². The van der Waals surface area contributed by atoms with Crippen LogP contribution in [0.3, 0.4) is 0 Å². The molecule has 1 atom stereocenters. The molecule has 0 amide bonds. The minimum Gasteiger partial charge on any atom is -0.299 e. The molecule has 0 rings (SSSR count). The molecule has 0 aromatic carbocycles. The lowest BCUT2D eigenvalue weighted by atomic mass is 9.99. The van der Waals surface area contributed by atoms with Gasteiger partial charge in [0.05, 0.1) is 6.61 Å². The summed E-state index contributed by atoms with van der Waals surface area (Å²) < 4.78 is 0. The van der Waals surface area contributed by atoms with Gasteiger partial charge < -0.3 is 0 Å². The van der Waals surface area contributed by atoms with E-state index in [1.165, 1.54) is 0 Å². The van der Waals surface area contributed by atoms with Crippen LogP contribution in [0.25, 0.3) is 0 Å². The fraction of sp³-hybridized carbons (Fsp3) is 0.875. The average Bonchev–Trinajstić information content (AvgIpc) is 1.89. The van der Waals surface area contributed by atoms with Crippen LogP contribution >= 0.6 is 0 Å². The number of carbonyl (C=O) groups excluding carboxylic acids is 1. The van der Waals surface area contributed by atoms with Gasteiger partial charge in [-0.15, -0.1) is 0 Å². The highest BCUT2D eigenvalue weighted by Gasteiger charge is 2.10. The summed E-state index contributed by atoms with van der Waals surface area (Å²) in [7, 11) is 0. The number of rotatable bonds is 5. The van der Waals surface area contributed by atoms with Crippen molar-refractivity contribution < 1.29 is 9.90 Å². The van der Waals surface area contributed by atoms with Crippen molar-refractivity contribution in [2.75, 3.05) is 6.61 Å². The van der Waals surface area contributed by atoms with E-state index in [9.17, 15) is 9.90 Å². The molecule has 0 aromatic rings. The summed E-state index contributed by atoms with van der Waals surface area (Å²) >= 11 is 0. The van der Waals surface area contributed by atoms with Crippen molar-refractivity contribution >= 4 is 5.78 Å². The Kier molecular flexibility index (Phi) is 5.22. The monoisotopic (exact) mass is 143 g/mol. The van der Waals surface area contributed by atoms with Gasteiger partial charge in [0.1, 0.15) is 5.78 Å². The molecule has 0 aliphatic carbocycles. The van der Waals surface area contributed by atoms with Crippen LogP contribution in [0.4, 0.5) is 0 Å². The van der Waals surface area contributed by atoms with Crippen LogP contribution in [0.15, 0.2) is 0 Å². The van der Waals surface area contributed by atoms with Crippen LogP contribution in [0, 0.1) is 5.92 Å². The summed E-state index contributed by atoms with van der Waals surface area (Å²) in [5.74, 6) is 0.218. The second-order valence-electron chi connectivity index (χ2n) is 2.61. The minimum absolute atomic E-state index is 0.0962. The highest BCUT2D eigenvalue weighted by atomic mass is 16.3. The van der Waals surface area contributed by atoms with Crippen LogP contribution < -0.4 is 0 Å². The summed E-state index contributed by atoms with van der Waals surface area (Å²) in [5, 5.41) is 10.0. The van der Waals surface area contributed by atoms with E-state index >= 15 is 0 Å². The predicted octanol–water partition coefficient (Wildman–Crippen LogP) is 1.81. The molecule has 0 spiro atoms. The van der Waals surface area contributed by atoms with Crippen LogP contribution in [-0.4, -0.2) is 12.4 Å². The van der Waals surface area contributed by atoms with E-state index in [4.69, 9.17) is 0 Å². The van der Waals surface area contributed by atoms with Gasteiger partial charge in [0.15, 0.2) is 0 Å². The van der Waals surface area contributed by atoms with Gasteiger partial charge in [-0.3, -0.25) is 4.79 Å². The molecule has 0 bridgehead atoms. The largest absolute Gasteiger partial charge is 0.299 e. The van der Waals surface area contributed by atoms with Crippen LogP contribution in [0.2, 0.25) is 0 Å². The van der Waals surface area contributed by atoms with E-state index in [1.54, 1.807) is 0 Å². The molecule has 59 valence electrons. The molecule has 0 aromatic heterocycles. The van der Waals surface area contributed by atoms with Gasteiger partial charge in [-0.1, -0.05) is 20.3 Å². The highest BCUT2D eigenvalue weighted by Crippen LogP contribution is 2.07. The van der Waals surface area contributed by atoms with Gasteiger partial charge in [-0.05, 0) is 6.42 Å². The number of ketones is 1.